The molecule has 0 heterocycles. The number of ether oxygens (including phenoxy) is 1. The molecule has 0 N–H and O–H groups in total. The lowest BCUT2D eigenvalue weighted by Gasteiger charge is -1.89. The predicted octanol–water partition coefficient (Wildman–Crippen LogP) is 3.84. The maximum Gasteiger partial charge on any atom is 0.0824 e. The van der Waals surface area contributed by atoms with Crippen molar-refractivity contribution in [2.24, 2.45) is 0 Å². The smallest absolute Gasteiger partial charge is 0.0824 e. The largest absolute Gasteiger partial charge is 0.504 e. The average Bonchev–Trinajstić information content (AvgIpc) is 2.16. The van der Waals surface area contributed by atoms with Crippen LogP contribution in [0.25, 0.3) is 0 Å². The average molecular weight is 180 g/mol. The minimum Gasteiger partial charge on any atom is -0.504 e. The zero-order chi connectivity index (χ0) is 9.78. The van der Waals surface area contributed by atoms with Crippen molar-refractivity contribution < 1.29 is 4.74 Å². The van der Waals surface area contributed by atoms with Crippen LogP contribution in [0.15, 0.2) is 36.6 Å². The second-order valence-electron chi connectivity index (χ2n) is 2.87. The van der Waals surface area contributed by atoms with Crippen molar-refractivity contribution in [1.82, 2.24) is 0 Å². The molecule has 74 valence electrons. The molecular weight excluding hydrogens is 160 g/mol. The summed E-state index contributed by atoms with van der Waals surface area (Å²) in [5.41, 5.74) is 0. The van der Waals surface area contributed by atoms with Gasteiger partial charge in [-0.05, 0) is 18.9 Å². The first kappa shape index (κ1) is 12.0. The summed E-state index contributed by atoms with van der Waals surface area (Å²) in [7, 11) is 1.64. The Morgan fingerprint density at radius 1 is 1.00 bits per heavy atom. The molecule has 0 aromatic rings. The molecule has 1 nitrogen and oxygen atoms in total. The van der Waals surface area contributed by atoms with Crippen molar-refractivity contribution in [2.75, 3.05) is 7.11 Å². The van der Waals surface area contributed by atoms with Gasteiger partial charge >= 0.3 is 0 Å². The van der Waals surface area contributed by atoms with E-state index in [4.69, 9.17) is 4.74 Å². The predicted molar refractivity (Wildman–Crippen MR) is 58.6 cm³/mol. The van der Waals surface area contributed by atoms with Gasteiger partial charge in [-0.3, -0.25) is 0 Å². The third-order valence-electron chi connectivity index (χ3n) is 1.66. The monoisotopic (exact) mass is 180 g/mol. The van der Waals surface area contributed by atoms with E-state index in [0.717, 1.165) is 0 Å². The van der Waals surface area contributed by atoms with Crippen molar-refractivity contribution >= 4 is 0 Å². The molecule has 0 aliphatic heterocycles. The highest BCUT2D eigenvalue weighted by Crippen LogP contribution is 1.99. The fourth-order valence-electron chi connectivity index (χ4n) is 0.939. The molecule has 0 fully saturated rings. The maximum absolute atomic E-state index is 4.75. The first-order valence-corrected chi connectivity index (χ1v) is 4.93. The second kappa shape index (κ2) is 11.0. The van der Waals surface area contributed by atoms with Gasteiger partial charge < -0.3 is 4.74 Å². The molecule has 0 aromatic heterocycles. The molecule has 1 heteroatoms. The highest BCUT2D eigenvalue weighted by atomic mass is 16.5. The van der Waals surface area contributed by atoms with Crippen LogP contribution in [-0.2, 0) is 4.74 Å². The van der Waals surface area contributed by atoms with Gasteiger partial charge in [0, 0.05) is 0 Å². The van der Waals surface area contributed by atoms with Crippen LogP contribution in [0.4, 0.5) is 0 Å². The zero-order valence-electron chi connectivity index (χ0n) is 8.70. The van der Waals surface area contributed by atoms with Gasteiger partial charge in [-0.2, -0.15) is 0 Å². The molecule has 0 atom stereocenters. The van der Waals surface area contributed by atoms with E-state index in [1.54, 1.807) is 13.4 Å². The highest BCUT2D eigenvalue weighted by molar-refractivity contribution is 5.09. The molecule has 0 rings (SSSR count). The van der Waals surface area contributed by atoms with Gasteiger partial charge in [0.1, 0.15) is 0 Å². The van der Waals surface area contributed by atoms with E-state index in [9.17, 15) is 0 Å². The summed E-state index contributed by atoms with van der Waals surface area (Å²) in [6, 6.07) is 0. The fraction of sp³-hybridized carbons (Fsp3) is 0.500. The maximum atomic E-state index is 4.75. The molecule has 0 aromatic carbocycles. The number of hydrogen-bond donors (Lipinski definition) is 0. The summed E-state index contributed by atoms with van der Waals surface area (Å²) in [6.07, 6.45) is 16.9. The SMILES string of the molecule is CCCCC/C=C/C=C/C=C/OC. The van der Waals surface area contributed by atoms with Crippen molar-refractivity contribution in [2.45, 2.75) is 32.6 Å². The minimum absolute atomic E-state index is 1.19. The summed E-state index contributed by atoms with van der Waals surface area (Å²) in [5.74, 6) is 0. The fourth-order valence-corrected chi connectivity index (χ4v) is 0.939. The Hall–Kier alpha value is -0.980. The van der Waals surface area contributed by atoms with E-state index < -0.39 is 0 Å². The van der Waals surface area contributed by atoms with E-state index >= 15 is 0 Å². The van der Waals surface area contributed by atoms with Gasteiger partial charge in [0.15, 0.2) is 0 Å². The first-order chi connectivity index (χ1) is 6.41. The van der Waals surface area contributed by atoms with E-state index in [1.165, 1.54) is 25.7 Å². The van der Waals surface area contributed by atoms with Gasteiger partial charge in [-0.15, -0.1) is 0 Å². The van der Waals surface area contributed by atoms with E-state index in [0.29, 0.717) is 0 Å². The van der Waals surface area contributed by atoms with Crippen LogP contribution in [0.2, 0.25) is 0 Å². The molecule has 0 spiro atoms. The lowest BCUT2D eigenvalue weighted by atomic mass is 10.2. The molecule has 0 saturated carbocycles. The topological polar surface area (TPSA) is 9.23 Å². The Morgan fingerprint density at radius 2 is 1.77 bits per heavy atom. The molecule has 0 amide bonds. The van der Waals surface area contributed by atoms with Crippen LogP contribution in [0.1, 0.15) is 32.6 Å². The quantitative estimate of drug-likeness (QED) is 0.328. The lowest BCUT2D eigenvalue weighted by Crippen LogP contribution is -1.69. The Labute approximate surface area is 81.8 Å². The zero-order valence-corrected chi connectivity index (χ0v) is 8.70. The standard InChI is InChI=1S/C12H20O/c1-3-4-5-6-7-8-9-10-11-12-13-2/h7-12H,3-6H2,1-2H3/b8-7+,10-9+,12-11+. The van der Waals surface area contributed by atoms with Crippen molar-refractivity contribution in [1.29, 1.82) is 0 Å². The van der Waals surface area contributed by atoms with Crippen LogP contribution in [0.5, 0.6) is 0 Å². The summed E-state index contributed by atoms with van der Waals surface area (Å²) in [5, 5.41) is 0. The van der Waals surface area contributed by atoms with Crippen LogP contribution in [0, 0.1) is 0 Å². The van der Waals surface area contributed by atoms with Gasteiger partial charge in [0.25, 0.3) is 0 Å². The molecule has 13 heavy (non-hydrogen) atoms. The summed E-state index contributed by atoms with van der Waals surface area (Å²) in [4.78, 5) is 0. The molecule has 0 saturated heterocycles. The van der Waals surface area contributed by atoms with E-state index in [1.807, 2.05) is 18.2 Å². The van der Waals surface area contributed by atoms with Gasteiger partial charge in [0.05, 0.1) is 13.4 Å². The summed E-state index contributed by atoms with van der Waals surface area (Å²) in [6.45, 7) is 2.22. The second-order valence-corrected chi connectivity index (χ2v) is 2.87. The highest BCUT2D eigenvalue weighted by Gasteiger charge is 1.79. The normalized spacial score (nSPS) is 12.2. The number of rotatable bonds is 7. The van der Waals surface area contributed by atoms with E-state index in [-0.39, 0.29) is 0 Å². The number of hydrogen-bond acceptors (Lipinski definition) is 1. The number of allylic oxidation sites excluding steroid dienone is 5. The van der Waals surface area contributed by atoms with Crippen molar-refractivity contribution in [3.05, 3.63) is 36.6 Å². The summed E-state index contributed by atoms with van der Waals surface area (Å²) < 4.78 is 4.75. The van der Waals surface area contributed by atoms with Crippen molar-refractivity contribution in [3.63, 3.8) is 0 Å². The molecule has 0 unspecified atom stereocenters. The Morgan fingerprint density at radius 3 is 2.46 bits per heavy atom. The van der Waals surface area contributed by atoms with Gasteiger partial charge in [-0.25, -0.2) is 0 Å². The van der Waals surface area contributed by atoms with Gasteiger partial charge in [-0.1, -0.05) is 44.1 Å². The lowest BCUT2D eigenvalue weighted by molar-refractivity contribution is 0.338. The third kappa shape index (κ3) is 11.0. The molecule has 0 bridgehead atoms. The first-order valence-electron chi connectivity index (χ1n) is 4.93. The van der Waals surface area contributed by atoms with E-state index in [2.05, 4.69) is 19.1 Å². The molecular formula is C12H20O. The number of unbranched alkanes of at least 4 members (excludes halogenated alkanes) is 3. The molecule has 0 aliphatic rings. The molecule has 0 aliphatic carbocycles. The van der Waals surface area contributed by atoms with Crippen LogP contribution in [-0.4, -0.2) is 7.11 Å². The van der Waals surface area contributed by atoms with Crippen LogP contribution in [0.3, 0.4) is 0 Å². The minimum atomic E-state index is 1.19. The summed E-state index contributed by atoms with van der Waals surface area (Å²) >= 11 is 0. The Balaban J connectivity index is 3.29. The van der Waals surface area contributed by atoms with Crippen LogP contribution < -0.4 is 0 Å². The Bertz CT molecular complexity index is 166. The number of methoxy groups -OCH3 is 1. The van der Waals surface area contributed by atoms with Gasteiger partial charge in [0.2, 0.25) is 0 Å². The van der Waals surface area contributed by atoms with Crippen molar-refractivity contribution in [3.8, 4) is 0 Å². The third-order valence-corrected chi connectivity index (χ3v) is 1.66. The Kier molecular flexibility index (Phi) is 10.2. The van der Waals surface area contributed by atoms with Crippen LogP contribution >= 0.6 is 0 Å². The molecule has 0 radical (unpaired) electrons.